The summed E-state index contributed by atoms with van der Waals surface area (Å²) in [6, 6.07) is 4.31. The lowest BCUT2D eigenvalue weighted by Crippen LogP contribution is -2.59. The van der Waals surface area contributed by atoms with Gasteiger partial charge in [-0.25, -0.2) is 4.79 Å². The molecule has 2 atom stereocenters. The van der Waals surface area contributed by atoms with Crippen molar-refractivity contribution in [3.63, 3.8) is 0 Å². The standard InChI is InChI=1S/C28H45N3O4/c1-17(2)22(29-26(34)35-28(8,9)10)25(33)31(20-12-11-13-20)23(24(32)30-27(5,6)7)21-16-18(3)14-15-19(21)4/h14-17,20,22-23H,11-13H2,1-10H3,(H,29,34)(H,30,32). The maximum absolute atomic E-state index is 14.2. The number of alkyl carbamates (subject to hydrolysis) is 1. The summed E-state index contributed by atoms with van der Waals surface area (Å²) in [4.78, 5) is 42.3. The Labute approximate surface area is 211 Å². The monoisotopic (exact) mass is 487 g/mol. The molecule has 1 saturated carbocycles. The molecule has 0 saturated heterocycles. The number of rotatable bonds is 7. The van der Waals surface area contributed by atoms with Gasteiger partial charge < -0.3 is 20.3 Å². The van der Waals surface area contributed by atoms with Crippen LogP contribution in [0, 0.1) is 19.8 Å². The predicted molar refractivity (Wildman–Crippen MR) is 139 cm³/mol. The van der Waals surface area contributed by atoms with Crippen LogP contribution in [0.4, 0.5) is 4.79 Å². The summed E-state index contributed by atoms with van der Waals surface area (Å²) in [6.45, 7) is 18.9. The van der Waals surface area contributed by atoms with Crippen molar-refractivity contribution in [1.29, 1.82) is 0 Å². The fourth-order valence-corrected chi connectivity index (χ4v) is 4.20. The van der Waals surface area contributed by atoms with Crippen LogP contribution in [0.15, 0.2) is 18.2 Å². The smallest absolute Gasteiger partial charge is 0.408 e. The van der Waals surface area contributed by atoms with Gasteiger partial charge in [0.05, 0.1) is 0 Å². The van der Waals surface area contributed by atoms with Crippen molar-refractivity contribution in [2.45, 2.75) is 118 Å². The molecule has 1 aromatic carbocycles. The zero-order valence-corrected chi connectivity index (χ0v) is 23.2. The molecule has 2 unspecified atom stereocenters. The summed E-state index contributed by atoms with van der Waals surface area (Å²) < 4.78 is 5.44. The number of nitrogens with one attached hydrogen (secondary N) is 2. The number of ether oxygens (including phenoxy) is 1. The Morgan fingerprint density at radius 2 is 1.63 bits per heavy atom. The van der Waals surface area contributed by atoms with E-state index in [9.17, 15) is 14.4 Å². The van der Waals surface area contributed by atoms with Gasteiger partial charge >= 0.3 is 6.09 Å². The van der Waals surface area contributed by atoms with E-state index in [0.29, 0.717) is 0 Å². The summed E-state index contributed by atoms with van der Waals surface area (Å²) in [7, 11) is 0. The molecular weight excluding hydrogens is 442 g/mol. The number of carbonyl (C=O) groups is 3. The molecule has 0 radical (unpaired) electrons. The van der Waals surface area contributed by atoms with Crippen LogP contribution in [-0.4, -0.2) is 46.0 Å². The summed E-state index contributed by atoms with van der Waals surface area (Å²) >= 11 is 0. The largest absolute Gasteiger partial charge is 0.444 e. The van der Waals surface area contributed by atoms with Crippen LogP contribution >= 0.6 is 0 Å². The zero-order valence-electron chi connectivity index (χ0n) is 23.2. The first-order chi connectivity index (χ1) is 16.0. The van der Waals surface area contributed by atoms with Crippen LogP contribution in [0.2, 0.25) is 0 Å². The van der Waals surface area contributed by atoms with Gasteiger partial charge in [-0.05, 0) is 91.7 Å². The highest BCUT2D eigenvalue weighted by molar-refractivity contribution is 5.93. The molecule has 0 spiro atoms. The topological polar surface area (TPSA) is 87.7 Å². The number of hydrogen-bond donors (Lipinski definition) is 2. The van der Waals surface area contributed by atoms with E-state index in [-0.39, 0.29) is 23.8 Å². The van der Waals surface area contributed by atoms with E-state index >= 15 is 0 Å². The Morgan fingerprint density at radius 1 is 1.03 bits per heavy atom. The van der Waals surface area contributed by atoms with Gasteiger partial charge in [0, 0.05) is 11.6 Å². The van der Waals surface area contributed by atoms with Gasteiger partial charge in [0.15, 0.2) is 0 Å². The molecule has 1 aromatic rings. The maximum Gasteiger partial charge on any atom is 0.408 e. The molecule has 0 aromatic heterocycles. The lowest BCUT2D eigenvalue weighted by molar-refractivity contribution is -0.148. The third-order valence-corrected chi connectivity index (χ3v) is 6.08. The second kappa shape index (κ2) is 11.0. The van der Waals surface area contributed by atoms with Gasteiger partial charge in [0.2, 0.25) is 11.8 Å². The molecule has 7 nitrogen and oxygen atoms in total. The minimum atomic E-state index is -0.819. The minimum absolute atomic E-state index is 0.0696. The number of carbonyl (C=O) groups excluding carboxylic acids is 3. The Morgan fingerprint density at radius 3 is 2.09 bits per heavy atom. The molecule has 2 N–H and O–H groups in total. The number of benzene rings is 1. The molecule has 0 bridgehead atoms. The number of aryl methyl sites for hydroxylation is 2. The molecule has 7 heteroatoms. The summed E-state index contributed by atoms with van der Waals surface area (Å²) in [5.41, 5.74) is 1.63. The first-order valence-corrected chi connectivity index (χ1v) is 12.7. The van der Waals surface area contributed by atoms with Crippen LogP contribution in [-0.2, 0) is 14.3 Å². The third kappa shape index (κ3) is 7.97. The van der Waals surface area contributed by atoms with Crippen LogP contribution in [0.25, 0.3) is 0 Å². The van der Waals surface area contributed by atoms with Gasteiger partial charge in [-0.3, -0.25) is 9.59 Å². The SMILES string of the molecule is Cc1ccc(C)c(C(C(=O)NC(C)(C)C)N(C(=O)C(NC(=O)OC(C)(C)C)C(C)C)C2CCC2)c1. The molecule has 196 valence electrons. The van der Waals surface area contributed by atoms with Gasteiger partial charge in [-0.1, -0.05) is 37.6 Å². The van der Waals surface area contributed by atoms with E-state index < -0.39 is 29.3 Å². The Hall–Kier alpha value is -2.57. The van der Waals surface area contributed by atoms with E-state index in [1.54, 1.807) is 25.7 Å². The lowest BCUT2D eigenvalue weighted by atomic mass is 9.86. The average molecular weight is 488 g/mol. The van der Waals surface area contributed by atoms with Crippen molar-refractivity contribution in [3.8, 4) is 0 Å². The average Bonchev–Trinajstić information content (AvgIpc) is 2.63. The second-order valence-corrected chi connectivity index (χ2v) is 12.2. The molecule has 3 amide bonds. The normalized spacial score (nSPS) is 16.2. The molecule has 1 fully saturated rings. The molecular formula is C28H45N3O4. The van der Waals surface area contributed by atoms with E-state index in [2.05, 4.69) is 10.6 Å². The summed E-state index contributed by atoms with van der Waals surface area (Å²) in [5, 5.41) is 5.89. The molecule has 0 heterocycles. The minimum Gasteiger partial charge on any atom is -0.444 e. The maximum atomic E-state index is 14.2. The molecule has 2 rings (SSSR count). The Kier molecular flexibility index (Phi) is 9.01. The Balaban J connectivity index is 2.56. The fourth-order valence-electron chi connectivity index (χ4n) is 4.20. The zero-order chi connectivity index (χ0) is 26.7. The highest BCUT2D eigenvalue weighted by Crippen LogP contribution is 2.36. The van der Waals surface area contributed by atoms with Crippen molar-refractivity contribution in [2.75, 3.05) is 0 Å². The molecule has 1 aliphatic rings. The van der Waals surface area contributed by atoms with Crippen molar-refractivity contribution in [1.82, 2.24) is 15.5 Å². The second-order valence-electron chi connectivity index (χ2n) is 12.2. The molecule has 35 heavy (non-hydrogen) atoms. The van der Waals surface area contributed by atoms with E-state index in [1.807, 2.05) is 66.7 Å². The van der Waals surface area contributed by atoms with Gasteiger partial charge in [0.25, 0.3) is 0 Å². The molecule has 0 aliphatic heterocycles. The van der Waals surface area contributed by atoms with E-state index in [4.69, 9.17) is 4.74 Å². The number of nitrogens with zero attached hydrogens (tertiary/aromatic N) is 1. The van der Waals surface area contributed by atoms with Crippen LogP contribution in [0.5, 0.6) is 0 Å². The number of amides is 3. The molecule has 1 aliphatic carbocycles. The van der Waals surface area contributed by atoms with Crippen LogP contribution < -0.4 is 10.6 Å². The van der Waals surface area contributed by atoms with Gasteiger partial charge in [-0.15, -0.1) is 0 Å². The first-order valence-electron chi connectivity index (χ1n) is 12.7. The first kappa shape index (κ1) is 28.7. The highest BCUT2D eigenvalue weighted by Gasteiger charge is 2.43. The van der Waals surface area contributed by atoms with Crippen LogP contribution in [0.3, 0.4) is 0 Å². The highest BCUT2D eigenvalue weighted by atomic mass is 16.6. The quantitative estimate of drug-likeness (QED) is 0.554. The third-order valence-electron chi connectivity index (χ3n) is 6.08. The van der Waals surface area contributed by atoms with Crippen molar-refractivity contribution in [3.05, 3.63) is 34.9 Å². The van der Waals surface area contributed by atoms with E-state index in [1.165, 1.54) is 0 Å². The van der Waals surface area contributed by atoms with Gasteiger partial charge in [0.1, 0.15) is 17.7 Å². The summed E-state index contributed by atoms with van der Waals surface area (Å²) in [6.07, 6.45) is 2.02. The van der Waals surface area contributed by atoms with Crippen LogP contribution in [0.1, 0.15) is 97.4 Å². The predicted octanol–water partition coefficient (Wildman–Crippen LogP) is 5.19. The fraction of sp³-hybridized carbons (Fsp3) is 0.679. The lowest BCUT2D eigenvalue weighted by Gasteiger charge is -2.45. The number of hydrogen-bond acceptors (Lipinski definition) is 4. The van der Waals surface area contributed by atoms with Gasteiger partial charge in [-0.2, -0.15) is 0 Å². The van der Waals surface area contributed by atoms with Crippen molar-refractivity contribution >= 4 is 17.9 Å². The van der Waals surface area contributed by atoms with Crippen molar-refractivity contribution in [2.24, 2.45) is 5.92 Å². The Bertz CT molecular complexity index is 923. The van der Waals surface area contributed by atoms with Crippen molar-refractivity contribution < 1.29 is 19.1 Å². The summed E-state index contributed by atoms with van der Waals surface area (Å²) in [5.74, 6) is -0.667. The van der Waals surface area contributed by atoms with E-state index in [0.717, 1.165) is 36.0 Å².